The number of hydrogen-bond acceptors (Lipinski definition) is 5. The molecule has 0 fully saturated rings. The van der Waals surface area contributed by atoms with Gasteiger partial charge >= 0.3 is 11.9 Å². The largest absolute Gasteiger partial charge is 0.465 e. The van der Waals surface area contributed by atoms with Gasteiger partial charge in [0.2, 0.25) is 0 Å². The fourth-order valence-electron chi connectivity index (χ4n) is 1.78. The van der Waals surface area contributed by atoms with Crippen LogP contribution in [0.1, 0.15) is 20.7 Å². The van der Waals surface area contributed by atoms with E-state index in [9.17, 15) is 9.59 Å². The van der Waals surface area contributed by atoms with E-state index in [4.69, 9.17) is 4.74 Å². The van der Waals surface area contributed by atoms with Crippen LogP contribution in [0.15, 0.2) is 46.9 Å². The van der Waals surface area contributed by atoms with Crippen molar-refractivity contribution in [3.63, 3.8) is 0 Å². The minimum atomic E-state index is -0.567. The maximum absolute atomic E-state index is 11.7. The highest BCUT2D eigenvalue weighted by molar-refractivity contribution is 9.10. The molecule has 0 amide bonds. The molecule has 114 valence electrons. The quantitative estimate of drug-likeness (QED) is 0.771. The zero-order valence-corrected chi connectivity index (χ0v) is 13.5. The van der Waals surface area contributed by atoms with Crippen molar-refractivity contribution >= 4 is 27.9 Å². The molecule has 2 aromatic carbocycles. The molecule has 22 heavy (non-hydrogen) atoms. The molecule has 0 unspecified atom stereocenters. The van der Waals surface area contributed by atoms with E-state index in [-0.39, 0.29) is 11.1 Å². The lowest BCUT2D eigenvalue weighted by Gasteiger charge is -2.10. The first-order valence-corrected chi connectivity index (χ1v) is 7.08. The summed E-state index contributed by atoms with van der Waals surface area (Å²) in [6.07, 6.45) is 0. The molecular formula is C16H13BrO5. The molecule has 0 saturated heterocycles. The van der Waals surface area contributed by atoms with Gasteiger partial charge in [-0.3, -0.25) is 0 Å². The average Bonchev–Trinajstić information content (AvgIpc) is 2.55. The fourth-order valence-corrected chi connectivity index (χ4v) is 2.15. The third-order valence-corrected chi connectivity index (χ3v) is 3.47. The van der Waals surface area contributed by atoms with Crippen molar-refractivity contribution in [2.45, 2.75) is 0 Å². The van der Waals surface area contributed by atoms with Crippen molar-refractivity contribution in [3.05, 3.63) is 58.1 Å². The number of hydrogen-bond donors (Lipinski definition) is 0. The summed E-state index contributed by atoms with van der Waals surface area (Å²) in [4.78, 5) is 23.4. The Morgan fingerprint density at radius 3 is 1.95 bits per heavy atom. The number of esters is 2. The molecule has 0 atom stereocenters. The third-order valence-electron chi connectivity index (χ3n) is 2.81. The lowest BCUT2D eigenvalue weighted by Crippen LogP contribution is -2.07. The Morgan fingerprint density at radius 2 is 1.45 bits per heavy atom. The van der Waals surface area contributed by atoms with E-state index in [2.05, 4.69) is 25.4 Å². The average molecular weight is 365 g/mol. The summed E-state index contributed by atoms with van der Waals surface area (Å²) in [6, 6.07) is 11.6. The van der Waals surface area contributed by atoms with Gasteiger partial charge in [-0.25, -0.2) is 9.59 Å². The summed E-state index contributed by atoms with van der Waals surface area (Å²) in [6.45, 7) is 0. The van der Waals surface area contributed by atoms with E-state index in [0.29, 0.717) is 11.5 Å². The summed E-state index contributed by atoms with van der Waals surface area (Å²) >= 11 is 3.37. The van der Waals surface area contributed by atoms with Crippen molar-refractivity contribution in [3.8, 4) is 11.5 Å². The lowest BCUT2D eigenvalue weighted by atomic mass is 10.1. The van der Waals surface area contributed by atoms with Gasteiger partial charge < -0.3 is 14.2 Å². The Morgan fingerprint density at radius 1 is 0.909 bits per heavy atom. The molecule has 0 aliphatic heterocycles. The number of benzene rings is 2. The standard InChI is InChI=1S/C16H13BrO5/c1-20-15(18)10-7-11(16(19)21-2)9-12(8-10)22-14-6-4-3-5-13(14)17/h3-9H,1-2H3. The van der Waals surface area contributed by atoms with Gasteiger partial charge in [0.15, 0.2) is 0 Å². The Bertz CT molecular complexity index is 677. The molecule has 0 heterocycles. The monoisotopic (exact) mass is 364 g/mol. The third kappa shape index (κ3) is 3.65. The Hall–Kier alpha value is -2.34. The van der Waals surface area contributed by atoms with Crippen LogP contribution < -0.4 is 4.74 Å². The number of para-hydroxylation sites is 1. The van der Waals surface area contributed by atoms with Gasteiger partial charge in [0.05, 0.1) is 29.8 Å². The zero-order valence-electron chi connectivity index (χ0n) is 12.0. The highest BCUT2D eigenvalue weighted by Crippen LogP contribution is 2.30. The van der Waals surface area contributed by atoms with Crippen molar-refractivity contribution in [1.82, 2.24) is 0 Å². The van der Waals surface area contributed by atoms with Crippen LogP contribution in [0.5, 0.6) is 11.5 Å². The molecule has 0 N–H and O–H groups in total. The van der Waals surface area contributed by atoms with Crippen molar-refractivity contribution in [2.75, 3.05) is 14.2 Å². The Labute approximate surface area is 135 Å². The Balaban J connectivity index is 2.44. The van der Waals surface area contributed by atoms with E-state index in [1.807, 2.05) is 18.2 Å². The highest BCUT2D eigenvalue weighted by atomic mass is 79.9. The highest BCUT2D eigenvalue weighted by Gasteiger charge is 2.15. The molecule has 2 rings (SSSR count). The predicted octanol–water partition coefficient (Wildman–Crippen LogP) is 3.81. The second kappa shape index (κ2) is 7.09. The van der Waals surface area contributed by atoms with Crippen LogP contribution in [0, 0.1) is 0 Å². The molecule has 0 aliphatic carbocycles. The summed E-state index contributed by atoms with van der Waals surface area (Å²) in [7, 11) is 2.53. The van der Waals surface area contributed by atoms with Gasteiger partial charge in [0.1, 0.15) is 11.5 Å². The number of ether oxygens (including phenoxy) is 3. The topological polar surface area (TPSA) is 61.8 Å². The lowest BCUT2D eigenvalue weighted by molar-refractivity contribution is 0.0598. The normalized spacial score (nSPS) is 9.95. The second-order valence-corrected chi connectivity index (χ2v) is 5.12. The summed E-state index contributed by atoms with van der Waals surface area (Å²) in [5.41, 5.74) is 0.403. The van der Waals surface area contributed by atoms with E-state index in [1.54, 1.807) is 6.07 Å². The van der Waals surface area contributed by atoms with E-state index < -0.39 is 11.9 Å². The molecular weight excluding hydrogens is 352 g/mol. The van der Waals surface area contributed by atoms with Crippen LogP contribution in [-0.4, -0.2) is 26.2 Å². The van der Waals surface area contributed by atoms with Crippen LogP contribution in [0.4, 0.5) is 0 Å². The van der Waals surface area contributed by atoms with E-state index in [1.165, 1.54) is 32.4 Å². The molecule has 0 saturated carbocycles. The fraction of sp³-hybridized carbons (Fsp3) is 0.125. The van der Waals surface area contributed by atoms with Crippen molar-refractivity contribution in [2.24, 2.45) is 0 Å². The zero-order chi connectivity index (χ0) is 16.1. The number of halogens is 1. The van der Waals surface area contributed by atoms with Crippen LogP contribution in [0.2, 0.25) is 0 Å². The second-order valence-electron chi connectivity index (χ2n) is 4.26. The maximum Gasteiger partial charge on any atom is 0.338 e. The van der Waals surface area contributed by atoms with Crippen LogP contribution >= 0.6 is 15.9 Å². The van der Waals surface area contributed by atoms with Gasteiger partial charge in [-0.05, 0) is 46.3 Å². The molecule has 0 aromatic heterocycles. The van der Waals surface area contributed by atoms with Crippen molar-refractivity contribution < 1.29 is 23.8 Å². The smallest absolute Gasteiger partial charge is 0.338 e. The summed E-state index contributed by atoms with van der Waals surface area (Å²) in [5.74, 6) is -0.249. The first-order chi connectivity index (χ1) is 10.5. The number of rotatable bonds is 4. The molecule has 0 bridgehead atoms. The van der Waals surface area contributed by atoms with Gasteiger partial charge in [0, 0.05) is 0 Å². The number of carbonyl (C=O) groups excluding carboxylic acids is 2. The van der Waals surface area contributed by atoms with Crippen LogP contribution in [0.25, 0.3) is 0 Å². The number of carbonyl (C=O) groups is 2. The van der Waals surface area contributed by atoms with E-state index >= 15 is 0 Å². The first kappa shape index (κ1) is 16.0. The van der Waals surface area contributed by atoms with E-state index in [0.717, 1.165) is 4.47 Å². The first-order valence-electron chi connectivity index (χ1n) is 6.29. The molecule has 0 spiro atoms. The SMILES string of the molecule is COC(=O)c1cc(Oc2ccccc2Br)cc(C(=O)OC)c1. The molecule has 5 nitrogen and oxygen atoms in total. The van der Waals surface area contributed by atoms with Gasteiger partial charge in [-0.2, -0.15) is 0 Å². The van der Waals surface area contributed by atoms with Gasteiger partial charge in [0.25, 0.3) is 0 Å². The van der Waals surface area contributed by atoms with Crippen LogP contribution in [-0.2, 0) is 9.47 Å². The Kier molecular flexibility index (Phi) is 5.16. The predicted molar refractivity (Wildman–Crippen MR) is 83.3 cm³/mol. The van der Waals surface area contributed by atoms with Gasteiger partial charge in [-0.1, -0.05) is 12.1 Å². The summed E-state index contributed by atoms with van der Waals surface area (Å²) in [5, 5.41) is 0. The molecule has 2 aromatic rings. The molecule has 6 heteroatoms. The minimum absolute atomic E-state index is 0.201. The van der Waals surface area contributed by atoms with Crippen LogP contribution in [0.3, 0.4) is 0 Å². The molecule has 0 radical (unpaired) electrons. The maximum atomic E-state index is 11.7. The molecule has 0 aliphatic rings. The number of methoxy groups -OCH3 is 2. The van der Waals surface area contributed by atoms with Gasteiger partial charge in [-0.15, -0.1) is 0 Å². The summed E-state index contributed by atoms with van der Waals surface area (Å²) < 4.78 is 15.8. The minimum Gasteiger partial charge on any atom is -0.465 e. The van der Waals surface area contributed by atoms with Crippen molar-refractivity contribution in [1.29, 1.82) is 0 Å².